The van der Waals surface area contributed by atoms with E-state index in [1.165, 1.54) is 4.90 Å². The molecule has 0 saturated carbocycles. The van der Waals surface area contributed by atoms with Gasteiger partial charge in [-0.05, 0) is 31.7 Å². The molecule has 4 aliphatic rings. The second-order valence-corrected chi connectivity index (χ2v) is 14.8. The molecule has 0 aromatic heterocycles. The number of rotatable bonds is 17. The van der Waals surface area contributed by atoms with Gasteiger partial charge in [-0.2, -0.15) is 0 Å². The van der Waals surface area contributed by atoms with Crippen LogP contribution in [0.25, 0.3) is 0 Å². The number of benzene rings is 1. The molecule has 3 amide bonds. The maximum atomic E-state index is 14.7. The third-order valence-corrected chi connectivity index (χ3v) is 11.4. The summed E-state index contributed by atoms with van der Waals surface area (Å²) in [6.45, 7) is 14.9. The predicted octanol–water partition coefficient (Wildman–Crippen LogP) is 2.61. The Kier molecular flexibility index (Phi) is 12.9. The Balaban J connectivity index is 1.46. The Morgan fingerprint density at radius 1 is 1.20 bits per heavy atom. The topological polar surface area (TPSA) is 138 Å². The van der Waals surface area contributed by atoms with Gasteiger partial charge in [-0.1, -0.05) is 65.3 Å². The number of nitrogens with one attached hydrogen (secondary N) is 1. The molecule has 50 heavy (non-hydrogen) atoms. The number of halogens is 1. The zero-order valence-electron chi connectivity index (χ0n) is 29.1. The molecule has 1 spiro atoms. The van der Waals surface area contributed by atoms with Crippen LogP contribution in [-0.2, 0) is 33.4 Å². The van der Waals surface area contributed by atoms with E-state index in [-0.39, 0.29) is 36.2 Å². The molecule has 4 saturated heterocycles. The van der Waals surface area contributed by atoms with E-state index in [9.17, 15) is 24.3 Å². The number of alkyl halides is 1. The number of likely N-dealkylation sites (tertiary alicyclic amines) is 1. The van der Waals surface area contributed by atoms with Crippen LogP contribution < -0.4 is 5.32 Å². The van der Waals surface area contributed by atoms with Gasteiger partial charge >= 0.3 is 5.97 Å². The molecule has 1 aromatic carbocycles. The quantitative estimate of drug-likeness (QED) is 0.140. The molecule has 1 aromatic rings. The highest BCUT2D eigenvalue weighted by Crippen LogP contribution is 2.61. The van der Waals surface area contributed by atoms with Crippen LogP contribution in [0.4, 0.5) is 0 Å². The minimum Gasteiger partial charge on any atom is -0.455 e. The normalized spacial score (nSPS) is 29.2. The molecule has 0 radical (unpaired) electrons. The maximum absolute atomic E-state index is 14.7. The lowest BCUT2D eigenvalue weighted by Gasteiger charge is -2.39. The van der Waals surface area contributed by atoms with Gasteiger partial charge in [0, 0.05) is 44.0 Å². The lowest BCUT2D eigenvalue weighted by molar-refractivity contribution is -0.162. The van der Waals surface area contributed by atoms with E-state index in [2.05, 4.69) is 39.3 Å². The van der Waals surface area contributed by atoms with Crippen LogP contribution in [0.3, 0.4) is 0 Å². The van der Waals surface area contributed by atoms with Gasteiger partial charge in [0.25, 0.3) is 0 Å². The zero-order chi connectivity index (χ0) is 36.0. The second-order valence-electron chi connectivity index (χ2n) is 13.6. The predicted molar refractivity (Wildman–Crippen MR) is 190 cm³/mol. The highest BCUT2D eigenvalue weighted by Gasteiger charge is 2.77. The molecule has 5 rings (SSSR count). The Hall–Kier alpha value is -3.10. The highest BCUT2D eigenvalue weighted by molar-refractivity contribution is 9.09. The summed E-state index contributed by atoms with van der Waals surface area (Å²) in [6, 6.07) is 6.86. The van der Waals surface area contributed by atoms with Crippen molar-refractivity contribution < 1.29 is 38.5 Å². The van der Waals surface area contributed by atoms with Crippen LogP contribution in [0.15, 0.2) is 55.6 Å². The van der Waals surface area contributed by atoms with Gasteiger partial charge in [0.2, 0.25) is 17.7 Å². The van der Waals surface area contributed by atoms with Crippen molar-refractivity contribution in [2.45, 2.75) is 80.3 Å². The molecule has 4 heterocycles. The van der Waals surface area contributed by atoms with Crippen molar-refractivity contribution in [3.8, 4) is 0 Å². The number of hydrogen-bond donors (Lipinski definition) is 2. The number of allylic oxidation sites excluding steroid dienone is 1. The van der Waals surface area contributed by atoms with Crippen molar-refractivity contribution in [1.82, 2.24) is 20.0 Å². The fourth-order valence-electron chi connectivity index (χ4n) is 8.07. The van der Waals surface area contributed by atoms with Crippen molar-refractivity contribution in [3.05, 3.63) is 61.2 Å². The van der Waals surface area contributed by atoms with Crippen molar-refractivity contribution in [2.75, 3.05) is 52.5 Å². The summed E-state index contributed by atoms with van der Waals surface area (Å²) < 4.78 is 18.5. The van der Waals surface area contributed by atoms with Crippen molar-refractivity contribution >= 4 is 39.6 Å². The number of aliphatic hydroxyl groups is 1. The smallest absolute Gasteiger partial charge is 0.313 e. The third kappa shape index (κ3) is 7.57. The fourth-order valence-corrected chi connectivity index (χ4v) is 9.01. The van der Waals surface area contributed by atoms with Crippen LogP contribution in [0.1, 0.15) is 51.2 Å². The fraction of sp³-hybridized carbons (Fsp3) is 0.622. The minimum atomic E-state index is -1.32. The number of nitrogens with zero attached hydrogens (tertiary/aromatic N) is 3. The van der Waals surface area contributed by atoms with Gasteiger partial charge in [0.15, 0.2) is 0 Å². The number of aliphatic hydroxyl groups excluding tert-OH is 1. The van der Waals surface area contributed by atoms with Crippen LogP contribution in [0.2, 0.25) is 0 Å². The third-order valence-electron chi connectivity index (χ3n) is 10.5. The minimum absolute atomic E-state index is 0.201. The SMILES string of the molecule is C=CCCC(=O)N[C@@H](C)[C@H](OC(=O)[C@@H]1[C@H]2O[C@@]3(CC2Br)[C@H](C(=O)N(CC=C)CCN2CCOCC2)N([C@@H](CC)CO)C(=O)[C@@H]13)c1ccccc1. The molecule has 13 heteroatoms. The lowest BCUT2D eigenvalue weighted by Crippen LogP contribution is -2.59. The number of fused-ring (bicyclic) bond motifs is 1. The van der Waals surface area contributed by atoms with E-state index < -0.39 is 59.6 Å². The Morgan fingerprint density at radius 2 is 1.92 bits per heavy atom. The molecule has 2 N–H and O–H groups in total. The highest BCUT2D eigenvalue weighted by atomic mass is 79.9. The number of amides is 3. The lowest BCUT2D eigenvalue weighted by atomic mass is 9.70. The monoisotopic (exact) mass is 758 g/mol. The number of carbonyl (C=O) groups is 4. The van der Waals surface area contributed by atoms with Crippen LogP contribution in [0.5, 0.6) is 0 Å². The van der Waals surface area contributed by atoms with E-state index in [1.807, 2.05) is 37.3 Å². The van der Waals surface area contributed by atoms with Gasteiger partial charge in [0.05, 0.1) is 49.8 Å². The maximum Gasteiger partial charge on any atom is 0.313 e. The van der Waals surface area contributed by atoms with Gasteiger partial charge in [-0.15, -0.1) is 13.2 Å². The first-order chi connectivity index (χ1) is 24.1. The largest absolute Gasteiger partial charge is 0.455 e. The first-order valence-corrected chi connectivity index (χ1v) is 18.6. The summed E-state index contributed by atoms with van der Waals surface area (Å²) in [5, 5.41) is 13.4. The Labute approximate surface area is 303 Å². The van der Waals surface area contributed by atoms with Crippen molar-refractivity contribution in [3.63, 3.8) is 0 Å². The Morgan fingerprint density at radius 3 is 2.56 bits per heavy atom. The molecule has 9 atom stereocenters. The molecule has 1 unspecified atom stereocenters. The number of hydrogen-bond acceptors (Lipinski definition) is 9. The van der Waals surface area contributed by atoms with E-state index in [4.69, 9.17) is 14.2 Å². The van der Waals surface area contributed by atoms with Gasteiger partial charge in [-0.3, -0.25) is 24.1 Å². The van der Waals surface area contributed by atoms with Crippen LogP contribution >= 0.6 is 15.9 Å². The summed E-state index contributed by atoms with van der Waals surface area (Å²) in [5.74, 6) is -3.56. The van der Waals surface area contributed by atoms with E-state index in [0.29, 0.717) is 51.1 Å². The second kappa shape index (κ2) is 16.9. The number of esters is 1. The van der Waals surface area contributed by atoms with Gasteiger partial charge < -0.3 is 34.4 Å². The summed E-state index contributed by atoms with van der Waals surface area (Å²) >= 11 is 3.73. The zero-order valence-corrected chi connectivity index (χ0v) is 30.7. The van der Waals surface area contributed by atoms with Gasteiger partial charge in [-0.25, -0.2) is 0 Å². The summed E-state index contributed by atoms with van der Waals surface area (Å²) in [7, 11) is 0. The Bertz CT molecular complexity index is 1390. The molecular formula is C37H51BrN4O8. The summed E-state index contributed by atoms with van der Waals surface area (Å²) in [6.07, 6.45) is 3.24. The molecule has 12 nitrogen and oxygen atoms in total. The number of morpholine rings is 1. The number of ether oxygens (including phenoxy) is 3. The molecule has 4 aliphatic heterocycles. The van der Waals surface area contributed by atoms with E-state index in [1.54, 1.807) is 24.0 Å². The summed E-state index contributed by atoms with van der Waals surface area (Å²) in [4.78, 5) is 61.5. The standard InChI is InChI=1S/C37H51BrN4O8/c1-5-8-14-28(44)39-24(4)31(25-12-10-9-11-13-25)49-36(47)29-30-34(45)42(26(7-3)23-43)33(37(30)22-27(38)32(29)50-37)35(46)41(15-6-2)17-16-40-18-20-48-21-19-40/h5-6,9-13,24,26-27,29-33,43H,1-2,7-8,14-23H2,3-4H3,(H,39,44)/t24-,26-,27?,29-,30+,31-,32-,33-,37+/m0/s1. The molecule has 274 valence electrons. The first-order valence-electron chi connectivity index (χ1n) is 17.7. The molecule has 0 aliphatic carbocycles. The number of carbonyl (C=O) groups excluding carboxylic acids is 4. The molecular weight excluding hydrogens is 708 g/mol. The average Bonchev–Trinajstić information content (AvgIpc) is 3.72. The van der Waals surface area contributed by atoms with Crippen LogP contribution in [0, 0.1) is 11.8 Å². The summed E-state index contributed by atoms with van der Waals surface area (Å²) in [5.41, 5.74) is -0.629. The van der Waals surface area contributed by atoms with E-state index >= 15 is 0 Å². The van der Waals surface area contributed by atoms with Crippen molar-refractivity contribution in [1.29, 1.82) is 0 Å². The average molecular weight is 760 g/mol. The first kappa shape index (κ1) is 38.1. The van der Waals surface area contributed by atoms with Crippen molar-refractivity contribution in [2.24, 2.45) is 11.8 Å². The molecule has 2 bridgehead atoms. The molecule has 4 fully saturated rings. The van der Waals surface area contributed by atoms with Gasteiger partial charge in [0.1, 0.15) is 17.7 Å². The van der Waals surface area contributed by atoms with Crippen LogP contribution in [-0.4, -0.2) is 131 Å². The van der Waals surface area contributed by atoms with E-state index in [0.717, 1.165) is 13.1 Å².